The van der Waals surface area contributed by atoms with Crippen molar-refractivity contribution < 1.29 is 4.79 Å². The molecule has 6 heteroatoms. The first kappa shape index (κ1) is 15.5. The van der Waals surface area contributed by atoms with Crippen LogP contribution in [0.3, 0.4) is 0 Å². The molecule has 0 saturated carbocycles. The molecule has 1 aromatic heterocycles. The van der Waals surface area contributed by atoms with Gasteiger partial charge in [0.05, 0.1) is 0 Å². The smallest absolute Gasteiger partial charge is 0.250 e. The number of amides is 1. The molecule has 1 unspecified atom stereocenters. The molecule has 122 valence electrons. The second-order valence-electron chi connectivity index (χ2n) is 6.74. The van der Waals surface area contributed by atoms with Crippen molar-refractivity contribution in [3.63, 3.8) is 0 Å². The Hall–Kier alpha value is -1.40. The molecule has 2 aliphatic heterocycles. The Morgan fingerprint density at radius 1 is 1.36 bits per heavy atom. The summed E-state index contributed by atoms with van der Waals surface area (Å²) < 4.78 is 1.90. The molecule has 2 fully saturated rings. The summed E-state index contributed by atoms with van der Waals surface area (Å²) in [5.74, 6) is 0.254. The number of carbonyl (C=O) groups excluding carboxylic acids is 1. The molecular weight excluding hydrogens is 278 g/mol. The molecule has 3 heterocycles. The van der Waals surface area contributed by atoms with Gasteiger partial charge in [0, 0.05) is 31.5 Å². The van der Waals surface area contributed by atoms with Crippen molar-refractivity contribution in [2.24, 2.45) is 0 Å². The van der Waals surface area contributed by atoms with Gasteiger partial charge in [0.25, 0.3) is 5.91 Å². The van der Waals surface area contributed by atoms with Crippen LogP contribution in [0.2, 0.25) is 0 Å². The van der Waals surface area contributed by atoms with Crippen molar-refractivity contribution in [2.45, 2.75) is 37.3 Å². The van der Waals surface area contributed by atoms with Crippen LogP contribution in [0, 0.1) is 0 Å². The number of likely N-dealkylation sites (tertiary alicyclic amines) is 1. The summed E-state index contributed by atoms with van der Waals surface area (Å²) in [4.78, 5) is 17.7. The van der Waals surface area contributed by atoms with E-state index in [4.69, 9.17) is 0 Å². The molecule has 6 nitrogen and oxygen atoms in total. The number of carbonyl (C=O) groups is 1. The van der Waals surface area contributed by atoms with Crippen LogP contribution in [0.5, 0.6) is 0 Å². The van der Waals surface area contributed by atoms with E-state index in [1.165, 1.54) is 6.42 Å². The van der Waals surface area contributed by atoms with Crippen LogP contribution in [0.1, 0.15) is 25.7 Å². The van der Waals surface area contributed by atoms with Gasteiger partial charge < -0.3 is 15.1 Å². The second-order valence-corrected chi connectivity index (χ2v) is 6.74. The van der Waals surface area contributed by atoms with Gasteiger partial charge in [-0.3, -0.25) is 9.48 Å². The van der Waals surface area contributed by atoms with Crippen molar-refractivity contribution in [3.8, 4) is 0 Å². The van der Waals surface area contributed by atoms with Crippen LogP contribution in [-0.4, -0.2) is 71.8 Å². The number of nitrogens with zero attached hydrogens (tertiary/aromatic N) is 4. The molecule has 1 N–H and O–H groups in total. The standard InChI is InChI=1S/C16H27N5O/c1-19(2)14-5-3-11-20(13-14)15(22)16(6-9-17-10-7-16)21-12-4-8-18-21/h4,8,12,14,17H,3,5-7,9-11,13H2,1-2H3. The maximum atomic E-state index is 13.4. The quantitative estimate of drug-likeness (QED) is 0.884. The normalized spacial score (nSPS) is 25.4. The summed E-state index contributed by atoms with van der Waals surface area (Å²) in [7, 11) is 4.21. The fourth-order valence-electron chi connectivity index (χ4n) is 3.76. The summed E-state index contributed by atoms with van der Waals surface area (Å²) >= 11 is 0. The summed E-state index contributed by atoms with van der Waals surface area (Å²) in [5.41, 5.74) is -0.497. The van der Waals surface area contributed by atoms with E-state index in [-0.39, 0.29) is 5.91 Å². The van der Waals surface area contributed by atoms with E-state index in [9.17, 15) is 4.79 Å². The first-order valence-corrected chi connectivity index (χ1v) is 8.30. The average molecular weight is 305 g/mol. The van der Waals surface area contributed by atoms with E-state index in [0.29, 0.717) is 6.04 Å². The number of aromatic nitrogens is 2. The Morgan fingerprint density at radius 3 is 2.77 bits per heavy atom. The largest absolute Gasteiger partial charge is 0.339 e. The van der Waals surface area contributed by atoms with Gasteiger partial charge in [-0.25, -0.2) is 0 Å². The third kappa shape index (κ3) is 2.77. The highest BCUT2D eigenvalue weighted by Crippen LogP contribution is 2.30. The molecule has 22 heavy (non-hydrogen) atoms. The Bertz CT molecular complexity index is 493. The van der Waals surface area contributed by atoms with Crippen molar-refractivity contribution in [1.29, 1.82) is 0 Å². The number of nitrogens with one attached hydrogen (secondary N) is 1. The number of hydrogen-bond donors (Lipinski definition) is 1. The minimum Gasteiger partial charge on any atom is -0.339 e. The van der Waals surface area contributed by atoms with Gasteiger partial charge in [0.2, 0.25) is 0 Å². The maximum Gasteiger partial charge on any atom is 0.250 e. The zero-order chi connectivity index (χ0) is 15.6. The molecule has 1 aromatic rings. The fourth-order valence-corrected chi connectivity index (χ4v) is 3.76. The molecule has 2 aliphatic rings. The Morgan fingerprint density at radius 2 is 2.14 bits per heavy atom. The lowest BCUT2D eigenvalue weighted by Crippen LogP contribution is -2.58. The van der Waals surface area contributed by atoms with Crippen LogP contribution < -0.4 is 5.32 Å². The van der Waals surface area contributed by atoms with Crippen LogP contribution in [0.25, 0.3) is 0 Å². The zero-order valence-corrected chi connectivity index (χ0v) is 13.7. The van der Waals surface area contributed by atoms with Gasteiger partial charge in [-0.1, -0.05) is 0 Å². The van der Waals surface area contributed by atoms with E-state index in [0.717, 1.165) is 45.4 Å². The molecule has 1 atom stereocenters. The van der Waals surface area contributed by atoms with Gasteiger partial charge in [-0.2, -0.15) is 5.10 Å². The van der Waals surface area contributed by atoms with E-state index < -0.39 is 5.54 Å². The summed E-state index contributed by atoms with van der Waals surface area (Å²) in [6, 6.07) is 2.38. The first-order valence-electron chi connectivity index (χ1n) is 8.30. The highest BCUT2D eigenvalue weighted by atomic mass is 16.2. The van der Waals surface area contributed by atoms with Gasteiger partial charge >= 0.3 is 0 Å². The Balaban J connectivity index is 1.83. The fraction of sp³-hybridized carbons (Fsp3) is 0.750. The summed E-state index contributed by atoms with van der Waals surface area (Å²) in [6.07, 6.45) is 7.61. The number of piperidine rings is 2. The van der Waals surface area contributed by atoms with Crippen molar-refractivity contribution in [3.05, 3.63) is 18.5 Å². The van der Waals surface area contributed by atoms with Gasteiger partial charge in [0.15, 0.2) is 0 Å². The molecule has 0 radical (unpaired) electrons. The minimum atomic E-state index is -0.497. The van der Waals surface area contributed by atoms with Crippen LogP contribution in [-0.2, 0) is 10.3 Å². The highest BCUT2D eigenvalue weighted by molar-refractivity contribution is 5.84. The van der Waals surface area contributed by atoms with Crippen molar-refractivity contribution in [2.75, 3.05) is 40.3 Å². The van der Waals surface area contributed by atoms with Crippen molar-refractivity contribution in [1.82, 2.24) is 24.9 Å². The molecule has 0 aromatic carbocycles. The Kier molecular flexibility index (Phi) is 4.49. The van der Waals surface area contributed by atoms with Crippen LogP contribution in [0.4, 0.5) is 0 Å². The average Bonchev–Trinajstić information content (AvgIpc) is 3.10. The zero-order valence-electron chi connectivity index (χ0n) is 13.7. The third-order valence-corrected chi connectivity index (χ3v) is 5.19. The molecule has 0 aliphatic carbocycles. The molecule has 1 amide bonds. The first-order chi connectivity index (χ1) is 10.6. The van der Waals surface area contributed by atoms with Crippen LogP contribution in [0.15, 0.2) is 18.5 Å². The second kappa shape index (κ2) is 6.38. The highest BCUT2D eigenvalue weighted by Gasteiger charge is 2.45. The number of rotatable bonds is 3. The van der Waals surface area contributed by atoms with E-state index in [1.54, 1.807) is 6.20 Å². The maximum absolute atomic E-state index is 13.4. The van der Waals surface area contributed by atoms with E-state index >= 15 is 0 Å². The topological polar surface area (TPSA) is 53.4 Å². The lowest BCUT2D eigenvalue weighted by atomic mass is 9.86. The van der Waals surface area contributed by atoms with Gasteiger partial charge in [-0.15, -0.1) is 0 Å². The van der Waals surface area contributed by atoms with E-state index in [1.807, 2.05) is 16.9 Å². The number of likely N-dealkylation sites (N-methyl/N-ethyl adjacent to an activating group) is 1. The molecule has 2 saturated heterocycles. The lowest BCUT2D eigenvalue weighted by Gasteiger charge is -2.43. The Labute approximate surface area is 132 Å². The third-order valence-electron chi connectivity index (χ3n) is 5.19. The molecular formula is C16H27N5O. The predicted octanol–water partition coefficient (Wildman–Crippen LogP) is 0.514. The summed E-state index contributed by atoms with van der Waals surface area (Å²) in [5, 5.41) is 7.78. The van der Waals surface area contributed by atoms with Crippen LogP contribution >= 0.6 is 0 Å². The minimum absolute atomic E-state index is 0.254. The van der Waals surface area contributed by atoms with Gasteiger partial charge in [-0.05, 0) is 58.9 Å². The SMILES string of the molecule is CN(C)C1CCCN(C(=O)C2(n3cccn3)CCNCC2)C1. The lowest BCUT2D eigenvalue weighted by molar-refractivity contribution is -0.145. The van der Waals surface area contributed by atoms with E-state index in [2.05, 4.69) is 34.3 Å². The number of hydrogen-bond acceptors (Lipinski definition) is 4. The molecule has 3 rings (SSSR count). The van der Waals surface area contributed by atoms with Gasteiger partial charge in [0.1, 0.15) is 5.54 Å². The predicted molar refractivity (Wildman–Crippen MR) is 85.6 cm³/mol. The monoisotopic (exact) mass is 305 g/mol. The summed E-state index contributed by atoms with van der Waals surface area (Å²) in [6.45, 7) is 3.45. The molecule has 0 spiro atoms. The van der Waals surface area contributed by atoms with Crippen molar-refractivity contribution >= 4 is 5.91 Å². The molecule has 0 bridgehead atoms.